The van der Waals surface area contributed by atoms with Crippen LogP contribution in [0.3, 0.4) is 0 Å². The number of nitrogens with one attached hydrogen (secondary N) is 1. The summed E-state index contributed by atoms with van der Waals surface area (Å²) >= 11 is 1.33. The van der Waals surface area contributed by atoms with E-state index in [2.05, 4.69) is 20.6 Å². The zero-order valence-electron chi connectivity index (χ0n) is 9.58. The van der Waals surface area contributed by atoms with Crippen LogP contribution < -0.4 is 5.32 Å². The van der Waals surface area contributed by atoms with E-state index in [0.29, 0.717) is 9.97 Å². The molecule has 0 unspecified atom stereocenters. The Kier molecular flexibility index (Phi) is 2.92. The number of hydrogen-bond acceptors (Lipinski definition) is 5. The van der Waals surface area contributed by atoms with Gasteiger partial charge in [0.15, 0.2) is 0 Å². The van der Waals surface area contributed by atoms with Crippen molar-refractivity contribution >= 4 is 22.2 Å². The van der Waals surface area contributed by atoms with Crippen LogP contribution in [0.4, 0.5) is 4.39 Å². The van der Waals surface area contributed by atoms with Crippen LogP contribution in [0.2, 0.25) is 0 Å². The van der Waals surface area contributed by atoms with Crippen molar-refractivity contribution in [3.05, 3.63) is 47.0 Å². The molecule has 3 rings (SSSR count). The van der Waals surface area contributed by atoms with Crippen molar-refractivity contribution in [2.75, 3.05) is 0 Å². The van der Waals surface area contributed by atoms with Crippen molar-refractivity contribution in [1.29, 1.82) is 0 Å². The molecule has 0 aliphatic rings. The molecular formula is C11H8FN5OS. The molecule has 3 aromatic rings. The number of rotatable bonds is 3. The molecule has 1 amide bonds. The van der Waals surface area contributed by atoms with Gasteiger partial charge in [-0.3, -0.25) is 4.79 Å². The van der Waals surface area contributed by atoms with Gasteiger partial charge in [-0.1, -0.05) is 17.4 Å². The molecule has 0 fully saturated rings. The minimum atomic E-state index is -0.438. The van der Waals surface area contributed by atoms with E-state index >= 15 is 0 Å². The lowest BCUT2D eigenvalue weighted by molar-refractivity contribution is 0.0950. The first-order chi connectivity index (χ1) is 9.22. The Morgan fingerprint density at radius 2 is 2.37 bits per heavy atom. The summed E-state index contributed by atoms with van der Waals surface area (Å²) in [6, 6.07) is 5.53. The van der Waals surface area contributed by atoms with Gasteiger partial charge in [-0.2, -0.15) is 9.61 Å². The highest BCUT2D eigenvalue weighted by atomic mass is 32.1. The molecule has 0 bridgehead atoms. The predicted molar refractivity (Wildman–Crippen MR) is 66.2 cm³/mol. The van der Waals surface area contributed by atoms with Gasteiger partial charge in [-0.15, -0.1) is 10.2 Å². The van der Waals surface area contributed by atoms with Crippen molar-refractivity contribution in [1.82, 2.24) is 25.1 Å². The maximum absolute atomic E-state index is 13.0. The first-order valence-electron chi connectivity index (χ1n) is 5.42. The number of nitrogens with zero attached hydrogens (tertiary/aromatic N) is 4. The third-order valence-corrected chi connectivity index (χ3v) is 3.33. The highest BCUT2D eigenvalue weighted by Gasteiger charge is 2.09. The monoisotopic (exact) mass is 277 g/mol. The van der Waals surface area contributed by atoms with Crippen molar-refractivity contribution in [2.24, 2.45) is 0 Å². The van der Waals surface area contributed by atoms with E-state index < -0.39 is 5.82 Å². The smallest absolute Gasteiger partial charge is 0.251 e. The number of amides is 1. The second-order valence-corrected chi connectivity index (χ2v) is 4.79. The summed E-state index contributed by atoms with van der Waals surface area (Å²) in [6.45, 7) is 0.267. The second kappa shape index (κ2) is 4.73. The number of carbonyl (C=O) groups excluding carboxylic acids is 1. The fraction of sp³-hybridized carbons (Fsp3) is 0.0909. The summed E-state index contributed by atoms with van der Waals surface area (Å²) < 4.78 is 14.5. The number of benzene rings is 1. The topological polar surface area (TPSA) is 72.2 Å². The first-order valence-corrected chi connectivity index (χ1v) is 6.23. The standard InChI is InChI=1S/C11H8FN5OS/c12-8-3-1-2-7(4-8)10(18)13-5-9-16-17-6-14-15-11(17)19-9/h1-4,6H,5H2,(H,13,18). The molecule has 0 aliphatic heterocycles. The van der Waals surface area contributed by atoms with Gasteiger partial charge >= 0.3 is 0 Å². The van der Waals surface area contributed by atoms with Crippen molar-refractivity contribution in [3.8, 4) is 0 Å². The van der Waals surface area contributed by atoms with Gasteiger partial charge in [0.25, 0.3) is 5.91 Å². The van der Waals surface area contributed by atoms with Crippen LogP contribution in [0.5, 0.6) is 0 Å². The zero-order valence-corrected chi connectivity index (χ0v) is 10.4. The lowest BCUT2D eigenvalue weighted by Gasteiger charge is -2.02. The third-order valence-electron chi connectivity index (χ3n) is 2.42. The van der Waals surface area contributed by atoms with Gasteiger partial charge in [-0.25, -0.2) is 4.39 Å². The minimum absolute atomic E-state index is 0.267. The molecule has 2 heterocycles. The summed E-state index contributed by atoms with van der Waals surface area (Å²) in [4.78, 5) is 12.5. The van der Waals surface area contributed by atoms with Crippen LogP contribution in [-0.2, 0) is 6.54 Å². The van der Waals surface area contributed by atoms with E-state index in [9.17, 15) is 9.18 Å². The Morgan fingerprint density at radius 3 is 3.16 bits per heavy atom. The number of carbonyl (C=O) groups is 1. The van der Waals surface area contributed by atoms with E-state index in [0.717, 1.165) is 0 Å². The van der Waals surface area contributed by atoms with Crippen molar-refractivity contribution in [2.45, 2.75) is 6.54 Å². The Hall–Kier alpha value is -2.35. The van der Waals surface area contributed by atoms with Crippen molar-refractivity contribution in [3.63, 3.8) is 0 Å². The Labute approximate surface area is 110 Å². The normalized spacial score (nSPS) is 10.8. The zero-order chi connectivity index (χ0) is 13.2. The van der Waals surface area contributed by atoms with E-state index in [-0.39, 0.29) is 18.0 Å². The maximum Gasteiger partial charge on any atom is 0.251 e. The van der Waals surface area contributed by atoms with E-state index in [4.69, 9.17) is 0 Å². The van der Waals surface area contributed by atoms with Gasteiger partial charge < -0.3 is 5.32 Å². The molecule has 0 radical (unpaired) electrons. The van der Waals surface area contributed by atoms with Crippen LogP contribution in [0.15, 0.2) is 30.6 Å². The van der Waals surface area contributed by atoms with Crippen LogP contribution in [-0.4, -0.2) is 25.7 Å². The Bertz CT molecular complexity index is 709. The van der Waals surface area contributed by atoms with Gasteiger partial charge in [-0.05, 0) is 18.2 Å². The van der Waals surface area contributed by atoms with Gasteiger partial charge in [0.2, 0.25) is 4.96 Å². The summed E-state index contributed by atoms with van der Waals surface area (Å²) in [5.41, 5.74) is 0.281. The number of halogens is 1. The molecular weight excluding hydrogens is 269 g/mol. The maximum atomic E-state index is 13.0. The van der Waals surface area contributed by atoms with Gasteiger partial charge in [0.1, 0.15) is 17.2 Å². The summed E-state index contributed by atoms with van der Waals surface area (Å²) in [6.07, 6.45) is 1.49. The van der Waals surface area contributed by atoms with E-state index in [1.54, 1.807) is 6.07 Å². The number of aromatic nitrogens is 4. The average molecular weight is 277 g/mol. The van der Waals surface area contributed by atoms with Crippen LogP contribution in [0.1, 0.15) is 15.4 Å². The fourth-order valence-corrected chi connectivity index (χ4v) is 2.31. The summed E-state index contributed by atoms with van der Waals surface area (Å²) in [5, 5.41) is 15.1. The van der Waals surface area contributed by atoms with Crippen LogP contribution >= 0.6 is 11.3 Å². The van der Waals surface area contributed by atoms with E-state index in [1.807, 2.05) is 0 Å². The molecule has 0 atom stereocenters. The molecule has 1 N–H and O–H groups in total. The highest BCUT2D eigenvalue weighted by Crippen LogP contribution is 2.11. The first kappa shape index (κ1) is 11.7. The lowest BCUT2D eigenvalue weighted by atomic mass is 10.2. The molecule has 1 aromatic carbocycles. The molecule has 0 saturated carbocycles. The Morgan fingerprint density at radius 1 is 1.47 bits per heavy atom. The summed E-state index contributed by atoms with van der Waals surface area (Å²) in [5.74, 6) is -0.781. The quantitative estimate of drug-likeness (QED) is 0.782. The molecule has 19 heavy (non-hydrogen) atoms. The molecule has 8 heteroatoms. The molecule has 0 aliphatic carbocycles. The second-order valence-electron chi connectivity index (χ2n) is 3.75. The number of hydrogen-bond donors (Lipinski definition) is 1. The molecule has 2 aromatic heterocycles. The van der Waals surface area contributed by atoms with Gasteiger partial charge in [0.05, 0.1) is 6.54 Å². The molecule has 0 spiro atoms. The summed E-state index contributed by atoms with van der Waals surface area (Å²) in [7, 11) is 0. The SMILES string of the molecule is O=C(NCc1nn2cnnc2s1)c1cccc(F)c1. The third kappa shape index (κ3) is 2.43. The number of fused-ring (bicyclic) bond motifs is 1. The Balaban J connectivity index is 1.69. The fourth-order valence-electron chi connectivity index (χ4n) is 1.56. The van der Waals surface area contributed by atoms with Crippen LogP contribution in [0, 0.1) is 5.82 Å². The van der Waals surface area contributed by atoms with Gasteiger partial charge in [0, 0.05) is 5.56 Å². The minimum Gasteiger partial charge on any atom is -0.345 e. The molecule has 0 saturated heterocycles. The highest BCUT2D eigenvalue weighted by molar-refractivity contribution is 7.16. The molecule has 96 valence electrons. The van der Waals surface area contributed by atoms with Crippen LogP contribution in [0.25, 0.3) is 4.96 Å². The average Bonchev–Trinajstić information content (AvgIpc) is 2.96. The largest absolute Gasteiger partial charge is 0.345 e. The van der Waals surface area contributed by atoms with E-state index in [1.165, 1.54) is 40.4 Å². The predicted octanol–water partition coefficient (Wildman–Crippen LogP) is 1.25. The lowest BCUT2D eigenvalue weighted by Crippen LogP contribution is -2.22. The molecule has 6 nitrogen and oxygen atoms in total. The van der Waals surface area contributed by atoms with Crippen molar-refractivity contribution < 1.29 is 9.18 Å².